The Bertz CT molecular complexity index is 772. The Hall–Kier alpha value is -2.76. The van der Waals surface area contributed by atoms with Crippen LogP contribution in [0.3, 0.4) is 0 Å². The predicted octanol–water partition coefficient (Wildman–Crippen LogP) is 3.28. The minimum atomic E-state index is -0.196. The van der Waals surface area contributed by atoms with Gasteiger partial charge in [0.15, 0.2) is 0 Å². The van der Waals surface area contributed by atoms with Crippen LogP contribution in [-0.4, -0.2) is 39.8 Å². The predicted molar refractivity (Wildman–Crippen MR) is 102 cm³/mol. The first-order chi connectivity index (χ1) is 12.4. The van der Waals surface area contributed by atoms with Crippen LogP contribution in [0.5, 0.6) is 0 Å². The molecule has 1 N–H and O–H groups in total. The van der Waals surface area contributed by atoms with Gasteiger partial charge in [-0.05, 0) is 50.5 Å². The van der Waals surface area contributed by atoms with Gasteiger partial charge in [-0.3, -0.25) is 14.6 Å². The lowest BCUT2D eigenvalue weighted by Crippen LogP contribution is -2.35. The summed E-state index contributed by atoms with van der Waals surface area (Å²) in [5, 5.41) is 2.89. The minimum absolute atomic E-state index is 0.114. The Labute approximate surface area is 154 Å². The van der Waals surface area contributed by atoms with E-state index in [1.54, 1.807) is 11.1 Å². The molecule has 6 heteroatoms. The Kier molecular flexibility index (Phi) is 6.83. The maximum atomic E-state index is 12.6. The van der Waals surface area contributed by atoms with Gasteiger partial charge >= 0.3 is 0 Å². The van der Waals surface area contributed by atoms with Crippen LogP contribution < -0.4 is 5.32 Å². The van der Waals surface area contributed by atoms with Gasteiger partial charge in [-0.2, -0.15) is 0 Å². The van der Waals surface area contributed by atoms with Crippen LogP contribution in [0.15, 0.2) is 30.6 Å². The highest BCUT2D eigenvalue weighted by atomic mass is 16.2. The standard InChI is InChI=1S/C20H26N4O2/c1-5-9-24(20(26)18-13-21-16(4)12-22-18)10-8-19(25)23-17-7-6-14(2)15(3)11-17/h6-7,11-13H,5,8-10H2,1-4H3,(H,23,25). The second-order valence-corrected chi connectivity index (χ2v) is 6.43. The van der Waals surface area contributed by atoms with Gasteiger partial charge in [-0.25, -0.2) is 4.98 Å². The van der Waals surface area contributed by atoms with Gasteiger partial charge < -0.3 is 10.2 Å². The number of anilines is 1. The third-order valence-electron chi connectivity index (χ3n) is 4.18. The lowest BCUT2D eigenvalue weighted by molar-refractivity contribution is -0.116. The molecule has 0 saturated carbocycles. The largest absolute Gasteiger partial charge is 0.337 e. The van der Waals surface area contributed by atoms with Crippen molar-refractivity contribution in [3.05, 3.63) is 53.1 Å². The fourth-order valence-electron chi connectivity index (χ4n) is 2.53. The van der Waals surface area contributed by atoms with Gasteiger partial charge in [-0.1, -0.05) is 13.0 Å². The van der Waals surface area contributed by atoms with Gasteiger partial charge in [-0.15, -0.1) is 0 Å². The number of hydrogen-bond donors (Lipinski definition) is 1. The molecule has 0 aliphatic heterocycles. The third-order valence-corrected chi connectivity index (χ3v) is 4.18. The molecule has 0 bridgehead atoms. The van der Waals surface area contributed by atoms with Gasteiger partial charge in [0.2, 0.25) is 5.91 Å². The summed E-state index contributed by atoms with van der Waals surface area (Å²) in [6, 6.07) is 5.81. The molecular formula is C20H26N4O2. The van der Waals surface area contributed by atoms with Gasteiger partial charge in [0.05, 0.1) is 11.9 Å². The quantitative estimate of drug-likeness (QED) is 0.828. The Balaban J connectivity index is 1.96. The fraction of sp³-hybridized carbons (Fsp3) is 0.400. The molecule has 2 amide bonds. The molecule has 0 radical (unpaired) electrons. The van der Waals surface area contributed by atoms with E-state index in [0.29, 0.717) is 18.8 Å². The summed E-state index contributed by atoms with van der Waals surface area (Å²) in [5.74, 6) is -0.310. The summed E-state index contributed by atoms with van der Waals surface area (Å²) in [7, 11) is 0. The van der Waals surface area contributed by atoms with Crippen molar-refractivity contribution in [3.63, 3.8) is 0 Å². The summed E-state index contributed by atoms with van der Waals surface area (Å²) in [6.45, 7) is 8.78. The number of nitrogens with zero attached hydrogens (tertiary/aromatic N) is 3. The minimum Gasteiger partial charge on any atom is -0.337 e. The molecule has 2 aromatic rings. The second kappa shape index (κ2) is 9.08. The van der Waals surface area contributed by atoms with Crippen LogP contribution in [0.2, 0.25) is 0 Å². The molecule has 0 atom stereocenters. The van der Waals surface area contributed by atoms with E-state index in [0.717, 1.165) is 23.4 Å². The third kappa shape index (κ3) is 5.37. The normalized spacial score (nSPS) is 10.5. The van der Waals surface area contributed by atoms with Gasteiger partial charge in [0.25, 0.3) is 5.91 Å². The molecule has 138 valence electrons. The van der Waals surface area contributed by atoms with E-state index in [4.69, 9.17) is 0 Å². The average Bonchev–Trinajstić information content (AvgIpc) is 2.62. The van der Waals surface area contributed by atoms with E-state index in [1.807, 2.05) is 45.9 Å². The maximum absolute atomic E-state index is 12.6. The summed E-state index contributed by atoms with van der Waals surface area (Å²) < 4.78 is 0. The first kappa shape index (κ1) is 19.6. The van der Waals surface area contributed by atoms with Crippen LogP contribution in [0, 0.1) is 20.8 Å². The molecule has 6 nitrogen and oxygen atoms in total. The molecule has 26 heavy (non-hydrogen) atoms. The number of amides is 2. The van der Waals surface area contributed by atoms with Crippen LogP contribution in [0.25, 0.3) is 0 Å². The molecule has 0 spiro atoms. The van der Waals surface area contributed by atoms with E-state index >= 15 is 0 Å². The highest BCUT2D eigenvalue weighted by molar-refractivity contribution is 5.93. The Morgan fingerprint density at radius 3 is 2.42 bits per heavy atom. The monoisotopic (exact) mass is 354 g/mol. The fourth-order valence-corrected chi connectivity index (χ4v) is 2.53. The number of aryl methyl sites for hydroxylation is 3. The van der Waals surface area contributed by atoms with Crippen LogP contribution in [-0.2, 0) is 4.79 Å². The summed E-state index contributed by atoms with van der Waals surface area (Å²) in [5.41, 5.74) is 4.15. The lowest BCUT2D eigenvalue weighted by Gasteiger charge is -2.21. The smallest absolute Gasteiger partial charge is 0.274 e. The van der Waals surface area contributed by atoms with E-state index in [1.165, 1.54) is 11.8 Å². The van der Waals surface area contributed by atoms with Crippen molar-refractivity contribution in [2.24, 2.45) is 0 Å². The molecule has 0 unspecified atom stereocenters. The molecule has 0 aliphatic rings. The van der Waals surface area contributed by atoms with Crippen LogP contribution >= 0.6 is 0 Å². The SMILES string of the molecule is CCCN(CCC(=O)Nc1ccc(C)c(C)c1)C(=O)c1cnc(C)cn1. The van der Waals surface area contributed by atoms with Crippen molar-refractivity contribution < 1.29 is 9.59 Å². The molecule has 1 aromatic heterocycles. The van der Waals surface area contributed by atoms with Gasteiger partial charge in [0.1, 0.15) is 5.69 Å². The Morgan fingerprint density at radius 1 is 1.04 bits per heavy atom. The zero-order valence-electron chi connectivity index (χ0n) is 15.9. The van der Waals surface area contributed by atoms with E-state index in [9.17, 15) is 9.59 Å². The number of hydrogen-bond acceptors (Lipinski definition) is 4. The zero-order chi connectivity index (χ0) is 19.1. The Morgan fingerprint density at radius 2 is 1.81 bits per heavy atom. The lowest BCUT2D eigenvalue weighted by atomic mass is 10.1. The molecule has 0 aliphatic carbocycles. The number of carbonyl (C=O) groups excluding carboxylic acids is 2. The van der Waals surface area contributed by atoms with Crippen molar-refractivity contribution in [3.8, 4) is 0 Å². The molecular weight excluding hydrogens is 328 g/mol. The molecule has 2 rings (SSSR count). The summed E-state index contributed by atoms with van der Waals surface area (Å²) in [4.78, 5) is 34.7. The maximum Gasteiger partial charge on any atom is 0.274 e. The summed E-state index contributed by atoms with van der Waals surface area (Å²) in [6.07, 6.45) is 4.10. The number of benzene rings is 1. The van der Waals surface area contributed by atoms with Crippen molar-refractivity contribution in [2.75, 3.05) is 18.4 Å². The van der Waals surface area contributed by atoms with E-state index in [-0.39, 0.29) is 18.2 Å². The van der Waals surface area contributed by atoms with E-state index in [2.05, 4.69) is 15.3 Å². The topological polar surface area (TPSA) is 75.2 Å². The number of aromatic nitrogens is 2. The van der Waals surface area contributed by atoms with E-state index < -0.39 is 0 Å². The first-order valence-corrected chi connectivity index (χ1v) is 8.85. The first-order valence-electron chi connectivity index (χ1n) is 8.85. The molecule has 1 heterocycles. The van der Waals surface area contributed by atoms with Crippen molar-refractivity contribution in [2.45, 2.75) is 40.5 Å². The number of carbonyl (C=O) groups is 2. The average molecular weight is 354 g/mol. The summed E-state index contributed by atoms with van der Waals surface area (Å²) >= 11 is 0. The highest BCUT2D eigenvalue weighted by Crippen LogP contribution is 2.14. The van der Waals surface area contributed by atoms with Crippen molar-refractivity contribution in [1.82, 2.24) is 14.9 Å². The molecule has 0 saturated heterocycles. The number of nitrogens with one attached hydrogen (secondary N) is 1. The second-order valence-electron chi connectivity index (χ2n) is 6.43. The van der Waals surface area contributed by atoms with Crippen molar-refractivity contribution in [1.29, 1.82) is 0 Å². The molecule has 0 fully saturated rings. The highest BCUT2D eigenvalue weighted by Gasteiger charge is 2.18. The zero-order valence-corrected chi connectivity index (χ0v) is 15.9. The van der Waals surface area contributed by atoms with Crippen molar-refractivity contribution >= 4 is 17.5 Å². The van der Waals surface area contributed by atoms with Crippen LogP contribution in [0.4, 0.5) is 5.69 Å². The number of rotatable bonds is 7. The van der Waals surface area contributed by atoms with Crippen LogP contribution in [0.1, 0.15) is 47.1 Å². The molecule has 1 aromatic carbocycles. The van der Waals surface area contributed by atoms with Gasteiger partial charge in [0, 0.05) is 31.4 Å².